The highest BCUT2D eigenvalue weighted by atomic mass is 35.5. The maximum absolute atomic E-state index is 12.2. The van der Waals surface area contributed by atoms with E-state index in [0.29, 0.717) is 42.0 Å². The van der Waals surface area contributed by atoms with Gasteiger partial charge in [0, 0.05) is 31.5 Å². The number of hydrogen-bond donors (Lipinski definition) is 1. The zero-order chi connectivity index (χ0) is 20.1. The van der Waals surface area contributed by atoms with Gasteiger partial charge in [0.15, 0.2) is 11.7 Å². The number of amides is 1. The Morgan fingerprint density at radius 2 is 1.93 bits per heavy atom. The van der Waals surface area contributed by atoms with Crippen molar-refractivity contribution in [2.24, 2.45) is 0 Å². The summed E-state index contributed by atoms with van der Waals surface area (Å²) in [5.74, 6) is 1.85. The van der Waals surface area contributed by atoms with Gasteiger partial charge in [-0.25, -0.2) is 9.97 Å². The van der Waals surface area contributed by atoms with E-state index in [2.05, 4.69) is 20.2 Å². The first-order valence-corrected chi connectivity index (χ1v) is 9.85. The lowest BCUT2D eigenvalue weighted by Crippen LogP contribution is -2.36. The van der Waals surface area contributed by atoms with Crippen molar-refractivity contribution in [3.05, 3.63) is 59.7 Å². The Balaban J connectivity index is 1.30. The molecule has 0 aliphatic carbocycles. The predicted molar refractivity (Wildman–Crippen MR) is 111 cm³/mol. The first-order valence-electron chi connectivity index (χ1n) is 9.47. The second kappa shape index (κ2) is 9.07. The molecule has 1 fully saturated rings. The molecule has 0 radical (unpaired) electrons. The van der Waals surface area contributed by atoms with E-state index in [1.807, 2.05) is 30.3 Å². The Morgan fingerprint density at radius 1 is 1.10 bits per heavy atom. The molecular formula is C21H21ClN4O3. The van der Waals surface area contributed by atoms with Gasteiger partial charge in [0.25, 0.3) is 0 Å². The number of ether oxygens (including phenoxy) is 1. The molecule has 1 saturated heterocycles. The zero-order valence-corrected chi connectivity index (χ0v) is 16.6. The number of aromatic nitrogens is 2. The van der Waals surface area contributed by atoms with Crippen molar-refractivity contribution in [3.8, 4) is 11.3 Å². The van der Waals surface area contributed by atoms with Gasteiger partial charge >= 0.3 is 0 Å². The molecule has 1 aliphatic heterocycles. The van der Waals surface area contributed by atoms with E-state index in [1.54, 1.807) is 18.5 Å². The van der Waals surface area contributed by atoms with E-state index >= 15 is 0 Å². The third-order valence-electron chi connectivity index (χ3n) is 4.63. The maximum atomic E-state index is 12.2. The van der Waals surface area contributed by atoms with E-state index < -0.39 is 0 Å². The molecule has 1 N–H and O–H groups in total. The summed E-state index contributed by atoms with van der Waals surface area (Å²) < 4.78 is 11.1. The number of hydrogen-bond acceptors (Lipinski definition) is 6. The van der Waals surface area contributed by atoms with Crippen molar-refractivity contribution >= 4 is 29.0 Å². The predicted octanol–water partition coefficient (Wildman–Crippen LogP) is 3.80. The van der Waals surface area contributed by atoms with Crippen LogP contribution in [-0.2, 0) is 16.0 Å². The average Bonchev–Trinajstić information content (AvgIpc) is 3.23. The summed E-state index contributed by atoms with van der Waals surface area (Å²) in [4.78, 5) is 23.1. The summed E-state index contributed by atoms with van der Waals surface area (Å²) in [5.41, 5.74) is 1.44. The number of benzene rings is 1. The Bertz CT molecular complexity index is 968. The number of aryl methyl sites for hydroxylation is 1. The van der Waals surface area contributed by atoms with Gasteiger partial charge in [0.1, 0.15) is 5.82 Å². The summed E-state index contributed by atoms with van der Waals surface area (Å²) in [6, 6.07) is 11.2. The molecule has 1 aliphatic rings. The fourth-order valence-corrected chi connectivity index (χ4v) is 3.32. The Hall–Kier alpha value is -2.90. The van der Waals surface area contributed by atoms with Crippen molar-refractivity contribution in [1.29, 1.82) is 0 Å². The molecule has 1 aromatic carbocycles. The molecule has 3 heterocycles. The van der Waals surface area contributed by atoms with E-state index in [1.165, 1.54) is 0 Å². The van der Waals surface area contributed by atoms with Gasteiger partial charge in [0.05, 0.1) is 36.3 Å². The second-order valence-corrected chi connectivity index (χ2v) is 7.06. The topological polar surface area (TPSA) is 80.5 Å². The van der Waals surface area contributed by atoms with Crippen LogP contribution in [0.15, 0.2) is 53.2 Å². The van der Waals surface area contributed by atoms with E-state index in [9.17, 15) is 4.79 Å². The highest BCUT2D eigenvalue weighted by molar-refractivity contribution is 6.33. The number of anilines is 2. The molecule has 0 saturated carbocycles. The smallest absolute Gasteiger partial charge is 0.224 e. The van der Waals surface area contributed by atoms with Gasteiger partial charge < -0.3 is 19.4 Å². The highest BCUT2D eigenvalue weighted by Gasteiger charge is 2.13. The minimum absolute atomic E-state index is 0.122. The van der Waals surface area contributed by atoms with Crippen LogP contribution in [0.3, 0.4) is 0 Å². The number of pyridine rings is 1. The molecule has 0 spiro atoms. The van der Waals surface area contributed by atoms with Crippen LogP contribution >= 0.6 is 11.6 Å². The molecule has 150 valence electrons. The number of morpholine rings is 1. The van der Waals surface area contributed by atoms with E-state index in [-0.39, 0.29) is 12.3 Å². The first-order chi connectivity index (χ1) is 14.2. The molecule has 0 unspecified atom stereocenters. The number of nitrogens with one attached hydrogen (secondary N) is 1. The minimum atomic E-state index is -0.122. The fourth-order valence-electron chi connectivity index (χ4n) is 3.09. The third kappa shape index (κ3) is 4.93. The number of oxazole rings is 1. The summed E-state index contributed by atoms with van der Waals surface area (Å²) in [6.45, 7) is 3.06. The largest absolute Gasteiger partial charge is 0.441 e. The lowest BCUT2D eigenvalue weighted by Gasteiger charge is -2.27. The SMILES string of the molecule is O=C(CCc1ncc(-c2ccccc2Cl)o1)Nc1ccc(N2CCOCC2)nc1. The van der Waals surface area contributed by atoms with Crippen molar-refractivity contribution in [2.75, 3.05) is 36.5 Å². The van der Waals surface area contributed by atoms with Crippen molar-refractivity contribution in [2.45, 2.75) is 12.8 Å². The average molecular weight is 413 g/mol. The van der Waals surface area contributed by atoms with Crippen LogP contribution in [-0.4, -0.2) is 42.2 Å². The fraction of sp³-hybridized carbons (Fsp3) is 0.286. The quantitative estimate of drug-likeness (QED) is 0.663. The van der Waals surface area contributed by atoms with Crippen LogP contribution in [0, 0.1) is 0 Å². The normalized spacial score (nSPS) is 14.0. The highest BCUT2D eigenvalue weighted by Crippen LogP contribution is 2.28. The lowest BCUT2D eigenvalue weighted by molar-refractivity contribution is -0.116. The Kier molecular flexibility index (Phi) is 6.07. The van der Waals surface area contributed by atoms with Gasteiger partial charge in [-0.15, -0.1) is 0 Å². The molecule has 29 heavy (non-hydrogen) atoms. The van der Waals surface area contributed by atoms with E-state index in [0.717, 1.165) is 24.5 Å². The monoisotopic (exact) mass is 412 g/mol. The molecule has 0 atom stereocenters. The van der Waals surface area contributed by atoms with Gasteiger partial charge in [-0.2, -0.15) is 0 Å². The van der Waals surface area contributed by atoms with Crippen LogP contribution in [0.25, 0.3) is 11.3 Å². The van der Waals surface area contributed by atoms with E-state index in [4.69, 9.17) is 20.8 Å². The number of carbonyl (C=O) groups excluding carboxylic acids is 1. The zero-order valence-electron chi connectivity index (χ0n) is 15.8. The summed E-state index contributed by atoms with van der Waals surface area (Å²) in [7, 11) is 0. The van der Waals surface area contributed by atoms with Gasteiger partial charge in [-0.3, -0.25) is 4.79 Å². The molecule has 7 nitrogen and oxygen atoms in total. The molecule has 4 rings (SSSR count). The number of nitrogens with zero attached hydrogens (tertiary/aromatic N) is 3. The van der Waals surface area contributed by atoms with Crippen LogP contribution in [0.4, 0.5) is 11.5 Å². The van der Waals surface area contributed by atoms with Gasteiger partial charge in [0.2, 0.25) is 5.91 Å². The van der Waals surface area contributed by atoms with Crippen LogP contribution in [0.2, 0.25) is 5.02 Å². The molecule has 0 bridgehead atoms. The summed E-state index contributed by atoms with van der Waals surface area (Å²) in [6.07, 6.45) is 3.95. The maximum Gasteiger partial charge on any atom is 0.224 e. The van der Waals surface area contributed by atoms with Crippen molar-refractivity contribution in [1.82, 2.24) is 9.97 Å². The van der Waals surface area contributed by atoms with Crippen LogP contribution in [0.5, 0.6) is 0 Å². The Labute approximate surface area is 173 Å². The third-order valence-corrected chi connectivity index (χ3v) is 4.96. The lowest BCUT2D eigenvalue weighted by atomic mass is 10.2. The number of halogens is 1. The van der Waals surface area contributed by atoms with Crippen molar-refractivity contribution < 1.29 is 13.9 Å². The minimum Gasteiger partial charge on any atom is -0.441 e. The molecular weight excluding hydrogens is 392 g/mol. The Morgan fingerprint density at radius 3 is 2.69 bits per heavy atom. The second-order valence-electron chi connectivity index (χ2n) is 6.65. The summed E-state index contributed by atoms with van der Waals surface area (Å²) >= 11 is 6.18. The molecule has 8 heteroatoms. The molecule has 2 aromatic heterocycles. The van der Waals surface area contributed by atoms with Gasteiger partial charge in [-0.1, -0.05) is 23.7 Å². The summed E-state index contributed by atoms with van der Waals surface area (Å²) in [5, 5.41) is 3.45. The van der Waals surface area contributed by atoms with Crippen LogP contribution in [0.1, 0.15) is 12.3 Å². The molecule has 1 amide bonds. The van der Waals surface area contributed by atoms with Crippen LogP contribution < -0.4 is 10.2 Å². The number of carbonyl (C=O) groups is 1. The molecule has 3 aromatic rings. The van der Waals surface area contributed by atoms with Gasteiger partial charge in [-0.05, 0) is 24.3 Å². The standard InChI is InChI=1S/C21H21ClN4O3/c22-17-4-2-1-3-16(17)18-14-24-21(29-18)8-7-20(27)25-15-5-6-19(23-13-15)26-9-11-28-12-10-26/h1-6,13-14H,7-12H2,(H,25,27). The first kappa shape index (κ1) is 19.4. The van der Waals surface area contributed by atoms with Crippen molar-refractivity contribution in [3.63, 3.8) is 0 Å². The number of rotatable bonds is 6.